The molecule has 1 aliphatic rings. The minimum atomic E-state index is -0.464. The molecule has 0 saturated carbocycles. The lowest BCUT2D eigenvalue weighted by Crippen LogP contribution is -2.38. The van der Waals surface area contributed by atoms with Gasteiger partial charge in [0.05, 0.1) is 20.3 Å². The fraction of sp³-hybridized carbons (Fsp3) is 0.292. The van der Waals surface area contributed by atoms with Crippen LogP contribution in [0.2, 0.25) is 0 Å². The van der Waals surface area contributed by atoms with Crippen LogP contribution in [0.25, 0.3) is 17.0 Å². The SMILES string of the molecule is COc1ccc(/C=C/C(=O)Nc2ccc3c(ccn3CCN3CCOCC3)c2)cc1F. The number of methoxy groups -OCH3 is 1. The van der Waals surface area contributed by atoms with Gasteiger partial charge in [-0.05, 0) is 48.0 Å². The maximum Gasteiger partial charge on any atom is 0.248 e. The van der Waals surface area contributed by atoms with Gasteiger partial charge in [0.2, 0.25) is 5.91 Å². The number of hydrogen-bond acceptors (Lipinski definition) is 4. The van der Waals surface area contributed by atoms with Crippen LogP contribution in [0.1, 0.15) is 5.56 Å². The Morgan fingerprint density at radius 1 is 1.16 bits per heavy atom. The second kappa shape index (κ2) is 9.76. The van der Waals surface area contributed by atoms with E-state index in [1.807, 2.05) is 18.2 Å². The van der Waals surface area contributed by atoms with E-state index >= 15 is 0 Å². The molecule has 3 aromatic rings. The van der Waals surface area contributed by atoms with Crippen molar-refractivity contribution in [1.29, 1.82) is 0 Å². The van der Waals surface area contributed by atoms with Crippen LogP contribution in [0.5, 0.6) is 5.75 Å². The second-order valence-corrected chi connectivity index (χ2v) is 7.45. The Bertz CT molecular complexity index is 1090. The van der Waals surface area contributed by atoms with E-state index in [1.54, 1.807) is 12.1 Å². The predicted octanol–water partition coefficient (Wildman–Crippen LogP) is 3.77. The zero-order valence-corrected chi connectivity index (χ0v) is 17.5. The van der Waals surface area contributed by atoms with Gasteiger partial charge in [0.25, 0.3) is 0 Å². The van der Waals surface area contributed by atoms with E-state index < -0.39 is 5.82 Å². The number of nitrogens with one attached hydrogen (secondary N) is 1. The van der Waals surface area contributed by atoms with Crippen molar-refractivity contribution in [3.8, 4) is 5.75 Å². The average Bonchev–Trinajstić information content (AvgIpc) is 3.19. The number of nitrogens with zero attached hydrogens (tertiary/aromatic N) is 2. The Hall–Kier alpha value is -3.16. The molecule has 1 saturated heterocycles. The Morgan fingerprint density at radius 3 is 2.77 bits per heavy atom. The molecular formula is C24H26FN3O3. The maximum absolute atomic E-state index is 13.8. The molecule has 1 N–H and O–H groups in total. The molecule has 162 valence electrons. The van der Waals surface area contributed by atoms with Crippen LogP contribution in [-0.4, -0.2) is 55.3 Å². The predicted molar refractivity (Wildman–Crippen MR) is 120 cm³/mol. The molecule has 0 unspecified atom stereocenters. The van der Waals surface area contributed by atoms with Gasteiger partial charge in [-0.1, -0.05) is 6.07 Å². The topological polar surface area (TPSA) is 55.7 Å². The summed E-state index contributed by atoms with van der Waals surface area (Å²) in [4.78, 5) is 14.7. The molecule has 0 atom stereocenters. The normalized spacial score (nSPS) is 14.9. The molecule has 4 rings (SSSR count). The zero-order chi connectivity index (χ0) is 21.6. The second-order valence-electron chi connectivity index (χ2n) is 7.45. The third-order valence-electron chi connectivity index (χ3n) is 5.40. The molecule has 1 fully saturated rings. The molecule has 1 aromatic heterocycles. The van der Waals surface area contributed by atoms with Crippen molar-refractivity contribution in [2.24, 2.45) is 0 Å². The Labute approximate surface area is 180 Å². The first-order chi connectivity index (χ1) is 15.1. The fourth-order valence-corrected chi connectivity index (χ4v) is 3.69. The van der Waals surface area contributed by atoms with E-state index in [4.69, 9.17) is 9.47 Å². The standard InChI is InChI=1S/C24H26FN3O3/c1-30-23-6-2-18(16-21(23)25)3-7-24(29)26-20-4-5-22-19(17-20)8-9-28(22)11-10-27-12-14-31-15-13-27/h2-9,16-17H,10-15H2,1H3,(H,26,29)/b7-3+. The third kappa shape index (κ3) is 5.31. The summed E-state index contributed by atoms with van der Waals surface area (Å²) in [5, 5.41) is 3.93. The van der Waals surface area contributed by atoms with Crippen LogP contribution in [0.15, 0.2) is 54.7 Å². The highest BCUT2D eigenvalue weighted by molar-refractivity contribution is 6.03. The lowest BCUT2D eigenvalue weighted by molar-refractivity contribution is -0.111. The highest BCUT2D eigenvalue weighted by Gasteiger charge is 2.11. The summed E-state index contributed by atoms with van der Waals surface area (Å²) in [5.74, 6) is -0.567. The van der Waals surface area contributed by atoms with Gasteiger partial charge in [0.1, 0.15) is 0 Å². The van der Waals surface area contributed by atoms with Gasteiger partial charge in [0.15, 0.2) is 11.6 Å². The molecule has 2 aromatic carbocycles. The highest BCUT2D eigenvalue weighted by Crippen LogP contribution is 2.21. The number of fused-ring (bicyclic) bond motifs is 1. The molecule has 0 bridgehead atoms. The van der Waals surface area contributed by atoms with E-state index in [9.17, 15) is 9.18 Å². The van der Waals surface area contributed by atoms with E-state index in [0.717, 1.165) is 50.3 Å². The number of hydrogen-bond donors (Lipinski definition) is 1. The zero-order valence-electron chi connectivity index (χ0n) is 17.5. The third-order valence-corrected chi connectivity index (χ3v) is 5.40. The first-order valence-corrected chi connectivity index (χ1v) is 10.3. The van der Waals surface area contributed by atoms with E-state index in [2.05, 4.69) is 27.0 Å². The van der Waals surface area contributed by atoms with Gasteiger partial charge in [-0.15, -0.1) is 0 Å². The summed E-state index contributed by atoms with van der Waals surface area (Å²) in [6.07, 6.45) is 5.03. The molecule has 0 spiro atoms. The summed E-state index contributed by atoms with van der Waals surface area (Å²) in [5.41, 5.74) is 2.44. The van der Waals surface area contributed by atoms with Crippen molar-refractivity contribution in [3.63, 3.8) is 0 Å². The van der Waals surface area contributed by atoms with Crippen LogP contribution in [0.4, 0.5) is 10.1 Å². The molecular weight excluding hydrogens is 397 g/mol. The van der Waals surface area contributed by atoms with Gasteiger partial charge < -0.3 is 19.4 Å². The van der Waals surface area contributed by atoms with Crippen molar-refractivity contribution in [1.82, 2.24) is 9.47 Å². The Balaban J connectivity index is 1.37. The molecule has 0 radical (unpaired) electrons. The number of anilines is 1. The number of carbonyl (C=O) groups is 1. The van der Waals surface area contributed by atoms with E-state index in [0.29, 0.717) is 11.3 Å². The van der Waals surface area contributed by atoms with E-state index in [1.165, 1.54) is 25.3 Å². The molecule has 7 heteroatoms. The van der Waals surface area contributed by atoms with Gasteiger partial charge in [-0.2, -0.15) is 0 Å². The molecule has 2 heterocycles. The first kappa shape index (κ1) is 21.1. The van der Waals surface area contributed by atoms with Gasteiger partial charge in [-0.25, -0.2) is 4.39 Å². The van der Waals surface area contributed by atoms with Crippen molar-refractivity contribution in [2.75, 3.05) is 45.3 Å². The van der Waals surface area contributed by atoms with Crippen LogP contribution >= 0.6 is 0 Å². The Kier molecular flexibility index (Phi) is 6.64. The number of amides is 1. The molecule has 6 nitrogen and oxygen atoms in total. The first-order valence-electron chi connectivity index (χ1n) is 10.3. The molecule has 1 aliphatic heterocycles. The van der Waals surface area contributed by atoms with Gasteiger partial charge >= 0.3 is 0 Å². The smallest absolute Gasteiger partial charge is 0.248 e. The van der Waals surface area contributed by atoms with Crippen molar-refractivity contribution >= 4 is 28.6 Å². The number of benzene rings is 2. The summed E-state index contributed by atoms with van der Waals surface area (Å²) in [6.45, 7) is 5.46. The fourth-order valence-electron chi connectivity index (χ4n) is 3.69. The monoisotopic (exact) mass is 423 g/mol. The van der Waals surface area contributed by atoms with Crippen molar-refractivity contribution < 1.29 is 18.7 Å². The average molecular weight is 423 g/mol. The largest absolute Gasteiger partial charge is 0.494 e. The highest BCUT2D eigenvalue weighted by atomic mass is 19.1. The number of ether oxygens (including phenoxy) is 2. The van der Waals surface area contributed by atoms with Crippen LogP contribution in [0.3, 0.4) is 0 Å². The lowest BCUT2D eigenvalue weighted by atomic mass is 10.2. The van der Waals surface area contributed by atoms with Crippen LogP contribution in [0, 0.1) is 5.82 Å². The summed E-state index contributed by atoms with van der Waals surface area (Å²) in [7, 11) is 1.41. The molecule has 31 heavy (non-hydrogen) atoms. The quantitative estimate of drug-likeness (QED) is 0.588. The molecule has 1 amide bonds. The maximum atomic E-state index is 13.8. The number of aromatic nitrogens is 1. The lowest BCUT2D eigenvalue weighted by Gasteiger charge is -2.26. The number of halogens is 1. The number of carbonyl (C=O) groups excluding carboxylic acids is 1. The summed E-state index contributed by atoms with van der Waals surface area (Å²) in [6, 6.07) is 12.5. The van der Waals surface area contributed by atoms with Gasteiger partial charge in [-0.3, -0.25) is 9.69 Å². The summed E-state index contributed by atoms with van der Waals surface area (Å²) < 4.78 is 26.3. The van der Waals surface area contributed by atoms with Crippen molar-refractivity contribution in [3.05, 3.63) is 66.1 Å². The van der Waals surface area contributed by atoms with Crippen LogP contribution < -0.4 is 10.1 Å². The minimum Gasteiger partial charge on any atom is -0.494 e. The van der Waals surface area contributed by atoms with Crippen molar-refractivity contribution in [2.45, 2.75) is 6.54 Å². The number of morpholine rings is 1. The van der Waals surface area contributed by atoms with E-state index in [-0.39, 0.29) is 11.7 Å². The molecule has 0 aliphatic carbocycles. The minimum absolute atomic E-state index is 0.173. The van der Waals surface area contributed by atoms with Crippen LogP contribution in [-0.2, 0) is 16.1 Å². The summed E-state index contributed by atoms with van der Waals surface area (Å²) >= 11 is 0. The van der Waals surface area contributed by atoms with Gasteiger partial charge in [0, 0.05) is 55.0 Å². The number of rotatable bonds is 7. The Morgan fingerprint density at radius 2 is 2.00 bits per heavy atom.